The number of aromatic nitrogens is 2. The summed E-state index contributed by atoms with van der Waals surface area (Å²) < 4.78 is 0. The van der Waals surface area contributed by atoms with Crippen molar-refractivity contribution in [2.75, 3.05) is 0 Å². The molecule has 0 radical (unpaired) electrons. The lowest BCUT2D eigenvalue weighted by Gasteiger charge is -1.73. The number of nitrogens with one attached hydrogen (secondary N) is 1. The molecule has 0 atom stereocenters. The molecule has 2 N–H and O–H groups in total. The second-order valence-electron chi connectivity index (χ2n) is 1.71. The van der Waals surface area contributed by atoms with Crippen molar-refractivity contribution in [3.05, 3.63) is 11.4 Å². The minimum atomic E-state index is 0.0891. The van der Waals surface area contributed by atoms with E-state index in [2.05, 4.69) is 10.2 Å². The van der Waals surface area contributed by atoms with Crippen molar-refractivity contribution in [2.45, 2.75) is 0 Å². The van der Waals surface area contributed by atoms with Crippen molar-refractivity contribution in [1.82, 2.24) is 10.2 Å². The van der Waals surface area contributed by atoms with Crippen LogP contribution in [0.1, 0.15) is 0 Å². The zero-order chi connectivity index (χ0) is 6.27. The maximum atomic E-state index is 8.96. The van der Waals surface area contributed by atoms with Gasteiger partial charge in [-0.3, -0.25) is 5.10 Å². The highest BCUT2D eigenvalue weighted by atomic mass is 32.1. The first-order valence-electron chi connectivity index (χ1n) is 2.48. The Labute approximate surface area is 54.9 Å². The molecule has 0 aromatic carbocycles. The minimum absolute atomic E-state index is 0.0891. The van der Waals surface area contributed by atoms with Gasteiger partial charge in [0.2, 0.25) is 5.88 Å². The van der Waals surface area contributed by atoms with E-state index in [-0.39, 0.29) is 5.88 Å². The summed E-state index contributed by atoms with van der Waals surface area (Å²) in [5, 5.41) is 18.0. The molecule has 0 amide bonds. The van der Waals surface area contributed by atoms with Crippen LogP contribution < -0.4 is 0 Å². The molecule has 0 saturated carbocycles. The lowest BCUT2D eigenvalue weighted by molar-refractivity contribution is 0.457. The Morgan fingerprint density at radius 2 is 2.56 bits per heavy atom. The predicted molar refractivity (Wildman–Crippen MR) is 35.6 cm³/mol. The van der Waals surface area contributed by atoms with Gasteiger partial charge in [-0.05, 0) is 11.4 Å². The second-order valence-corrected chi connectivity index (χ2v) is 2.63. The Morgan fingerprint density at radius 3 is 3.33 bits per heavy atom. The van der Waals surface area contributed by atoms with Gasteiger partial charge >= 0.3 is 0 Å². The summed E-state index contributed by atoms with van der Waals surface area (Å²) in [5.74, 6) is 0.0891. The third kappa shape index (κ3) is 0.533. The van der Waals surface area contributed by atoms with E-state index >= 15 is 0 Å². The van der Waals surface area contributed by atoms with Crippen LogP contribution in [0.15, 0.2) is 11.4 Å². The number of hydrogen-bond donors (Lipinski definition) is 2. The minimum Gasteiger partial charge on any atom is -0.492 e. The monoisotopic (exact) mass is 140 g/mol. The summed E-state index contributed by atoms with van der Waals surface area (Å²) in [6.07, 6.45) is 0. The lowest BCUT2D eigenvalue weighted by Crippen LogP contribution is -1.61. The van der Waals surface area contributed by atoms with E-state index in [1.807, 2.05) is 11.4 Å². The van der Waals surface area contributed by atoms with Crippen LogP contribution in [0.4, 0.5) is 0 Å². The summed E-state index contributed by atoms with van der Waals surface area (Å²) in [6.45, 7) is 0. The van der Waals surface area contributed by atoms with E-state index < -0.39 is 0 Å². The van der Waals surface area contributed by atoms with Gasteiger partial charge in [-0.15, -0.1) is 16.4 Å². The molecule has 0 aliphatic rings. The molecule has 0 fully saturated rings. The zero-order valence-electron chi connectivity index (χ0n) is 4.46. The molecule has 2 heterocycles. The molecular weight excluding hydrogens is 136 g/mol. The van der Waals surface area contributed by atoms with Crippen molar-refractivity contribution in [3.63, 3.8) is 0 Å². The van der Waals surface area contributed by atoms with Crippen molar-refractivity contribution in [3.8, 4) is 5.88 Å². The fourth-order valence-corrected chi connectivity index (χ4v) is 1.46. The standard InChI is InChI=1S/C5H4N2OS/c8-4-3-1-2-9-5(3)7-6-4/h1-2H,(H2,6,7,8). The van der Waals surface area contributed by atoms with Crippen LogP contribution in [-0.2, 0) is 0 Å². The molecule has 0 bridgehead atoms. The van der Waals surface area contributed by atoms with E-state index in [0.717, 1.165) is 10.2 Å². The van der Waals surface area contributed by atoms with E-state index in [4.69, 9.17) is 5.11 Å². The Hall–Kier alpha value is -1.03. The van der Waals surface area contributed by atoms with Gasteiger partial charge in [-0.1, -0.05) is 0 Å². The normalized spacial score (nSPS) is 10.7. The predicted octanol–water partition coefficient (Wildman–Crippen LogP) is 1.33. The van der Waals surface area contributed by atoms with Gasteiger partial charge in [0.25, 0.3) is 0 Å². The highest BCUT2D eigenvalue weighted by Gasteiger charge is 2.01. The molecule has 0 unspecified atom stereocenters. The van der Waals surface area contributed by atoms with Gasteiger partial charge in [0, 0.05) is 0 Å². The van der Waals surface area contributed by atoms with E-state index in [1.54, 1.807) is 0 Å². The molecule has 0 aliphatic heterocycles. The molecule has 46 valence electrons. The van der Waals surface area contributed by atoms with Crippen molar-refractivity contribution >= 4 is 21.6 Å². The molecule has 4 heteroatoms. The average molecular weight is 140 g/mol. The lowest BCUT2D eigenvalue weighted by atomic mass is 10.4. The first kappa shape index (κ1) is 4.81. The second kappa shape index (κ2) is 1.48. The molecular formula is C5H4N2OS. The van der Waals surface area contributed by atoms with Gasteiger partial charge in [-0.2, -0.15) is 0 Å². The summed E-state index contributed by atoms with van der Waals surface area (Å²) >= 11 is 1.53. The Bertz CT molecular complexity index is 324. The maximum absolute atomic E-state index is 8.96. The van der Waals surface area contributed by atoms with Gasteiger partial charge < -0.3 is 5.11 Å². The number of aromatic hydroxyl groups is 1. The van der Waals surface area contributed by atoms with Crippen LogP contribution in [0.2, 0.25) is 0 Å². The van der Waals surface area contributed by atoms with Crippen LogP contribution in [0.25, 0.3) is 10.2 Å². The van der Waals surface area contributed by atoms with Crippen LogP contribution in [0.3, 0.4) is 0 Å². The van der Waals surface area contributed by atoms with Crippen LogP contribution in [0.5, 0.6) is 5.88 Å². The van der Waals surface area contributed by atoms with Crippen molar-refractivity contribution in [1.29, 1.82) is 0 Å². The number of thiophene rings is 1. The molecule has 9 heavy (non-hydrogen) atoms. The fraction of sp³-hybridized carbons (Fsp3) is 0. The maximum Gasteiger partial charge on any atom is 0.238 e. The third-order valence-electron chi connectivity index (χ3n) is 1.17. The number of nitrogens with zero attached hydrogens (tertiary/aromatic N) is 1. The van der Waals surface area contributed by atoms with Crippen molar-refractivity contribution < 1.29 is 5.11 Å². The van der Waals surface area contributed by atoms with Gasteiger partial charge in [0.15, 0.2) is 0 Å². The highest BCUT2D eigenvalue weighted by molar-refractivity contribution is 7.16. The SMILES string of the molecule is Oc1n[nH]c2sccc12. The molecule has 0 spiro atoms. The molecule has 2 aromatic rings. The molecule has 2 rings (SSSR count). The molecule has 2 aromatic heterocycles. The van der Waals surface area contributed by atoms with E-state index in [1.165, 1.54) is 11.3 Å². The number of fused-ring (bicyclic) bond motifs is 1. The van der Waals surface area contributed by atoms with Crippen LogP contribution in [0, 0.1) is 0 Å². The van der Waals surface area contributed by atoms with Crippen LogP contribution >= 0.6 is 11.3 Å². The average Bonchev–Trinajstić information content (AvgIpc) is 2.35. The molecule has 3 nitrogen and oxygen atoms in total. The molecule has 0 aliphatic carbocycles. The highest BCUT2D eigenvalue weighted by Crippen LogP contribution is 2.24. The summed E-state index contributed by atoms with van der Waals surface area (Å²) in [5.41, 5.74) is 0. The van der Waals surface area contributed by atoms with E-state index in [9.17, 15) is 0 Å². The fourth-order valence-electron chi connectivity index (χ4n) is 0.736. The summed E-state index contributed by atoms with van der Waals surface area (Å²) in [6, 6.07) is 1.83. The van der Waals surface area contributed by atoms with Crippen LogP contribution in [-0.4, -0.2) is 15.3 Å². The summed E-state index contributed by atoms with van der Waals surface area (Å²) in [7, 11) is 0. The smallest absolute Gasteiger partial charge is 0.238 e. The largest absolute Gasteiger partial charge is 0.492 e. The zero-order valence-corrected chi connectivity index (χ0v) is 5.27. The topological polar surface area (TPSA) is 48.9 Å². The quantitative estimate of drug-likeness (QED) is 0.580. The Balaban J connectivity index is 2.99. The van der Waals surface area contributed by atoms with Gasteiger partial charge in [0.1, 0.15) is 4.83 Å². The first-order valence-corrected chi connectivity index (χ1v) is 3.36. The Morgan fingerprint density at radius 1 is 1.67 bits per heavy atom. The number of hydrogen-bond acceptors (Lipinski definition) is 3. The number of H-pyrrole nitrogens is 1. The van der Waals surface area contributed by atoms with E-state index in [0.29, 0.717) is 0 Å². The van der Waals surface area contributed by atoms with Crippen molar-refractivity contribution in [2.24, 2.45) is 0 Å². The van der Waals surface area contributed by atoms with Gasteiger partial charge in [-0.25, -0.2) is 0 Å². The number of aromatic amines is 1. The third-order valence-corrected chi connectivity index (χ3v) is 1.99. The molecule has 0 saturated heterocycles. The first-order chi connectivity index (χ1) is 4.38. The number of rotatable bonds is 0. The Kier molecular flexibility index (Phi) is 0.790. The summed E-state index contributed by atoms with van der Waals surface area (Å²) in [4.78, 5) is 0.924. The van der Waals surface area contributed by atoms with Gasteiger partial charge in [0.05, 0.1) is 5.39 Å².